The molecule has 0 radical (unpaired) electrons. The van der Waals surface area contributed by atoms with Crippen LogP contribution >= 0.6 is 0 Å². The highest BCUT2D eigenvalue weighted by atomic mass is 16.5. The fourth-order valence-corrected chi connectivity index (χ4v) is 3.19. The average Bonchev–Trinajstić information content (AvgIpc) is 3.12. The molecule has 0 atom stereocenters. The van der Waals surface area contributed by atoms with Gasteiger partial charge in [-0.3, -0.25) is 9.59 Å². The molecule has 138 valence electrons. The monoisotopic (exact) mass is 370 g/mol. The highest BCUT2D eigenvalue weighted by Crippen LogP contribution is 2.30. The number of aromatic amines is 1. The number of amides is 1. The molecule has 0 spiro atoms. The van der Waals surface area contributed by atoms with E-state index in [0.29, 0.717) is 16.9 Å². The number of rotatable bonds is 6. The third kappa shape index (κ3) is 3.38. The predicted molar refractivity (Wildman–Crippen MR) is 109 cm³/mol. The zero-order chi connectivity index (χ0) is 19.5. The largest absolute Gasteiger partial charge is 0.485 e. The maximum atomic E-state index is 13.0. The van der Waals surface area contributed by atoms with E-state index >= 15 is 0 Å². The first-order chi connectivity index (χ1) is 13.6. The molecule has 1 heterocycles. The molecule has 0 fully saturated rings. The van der Waals surface area contributed by atoms with Crippen LogP contribution in [0.1, 0.15) is 20.7 Å². The number of Topliss-reactive ketones (excluding diaryl/α,β-unsaturated/α-hetero) is 1. The molecule has 1 amide bonds. The molecule has 1 aromatic heterocycles. The summed E-state index contributed by atoms with van der Waals surface area (Å²) in [6.07, 6.45) is 0. The van der Waals surface area contributed by atoms with Crippen molar-refractivity contribution in [1.82, 2.24) is 4.98 Å². The number of hydrogen-bond acceptors (Lipinski definition) is 3. The Morgan fingerprint density at radius 1 is 0.857 bits per heavy atom. The number of hydrogen-bond donors (Lipinski definition) is 2. The molecule has 0 saturated heterocycles. The van der Waals surface area contributed by atoms with Crippen LogP contribution in [-0.4, -0.2) is 23.3 Å². The Bertz CT molecular complexity index is 1150. The Balaban J connectivity index is 1.64. The molecule has 4 aromatic rings. The van der Waals surface area contributed by atoms with Gasteiger partial charge in [0.1, 0.15) is 5.75 Å². The maximum absolute atomic E-state index is 13.0. The van der Waals surface area contributed by atoms with Crippen molar-refractivity contribution < 1.29 is 14.3 Å². The molecule has 0 bridgehead atoms. The van der Waals surface area contributed by atoms with Crippen LogP contribution in [0.15, 0.2) is 78.9 Å². The second kappa shape index (κ2) is 7.40. The van der Waals surface area contributed by atoms with Crippen molar-refractivity contribution >= 4 is 22.6 Å². The lowest BCUT2D eigenvalue weighted by Gasteiger charge is -2.08. The second-order valence-electron chi connectivity index (χ2n) is 6.39. The Labute approximate surface area is 161 Å². The van der Waals surface area contributed by atoms with E-state index in [0.717, 1.165) is 22.2 Å². The van der Waals surface area contributed by atoms with Crippen LogP contribution in [0.3, 0.4) is 0 Å². The van der Waals surface area contributed by atoms with Gasteiger partial charge >= 0.3 is 0 Å². The highest BCUT2D eigenvalue weighted by Gasteiger charge is 2.20. The van der Waals surface area contributed by atoms with E-state index in [-0.39, 0.29) is 12.4 Å². The van der Waals surface area contributed by atoms with E-state index in [4.69, 9.17) is 10.5 Å². The summed E-state index contributed by atoms with van der Waals surface area (Å²) in [6, 6.07) is 23.8. The number of fused-ring (bicyclic) bond motifs is 1. The molecule has 5 nitrogen and oxygen atoms in total. The van der Waals surface area contributed by atoms with Gasteiger partial charge in [-0.15, -0.1) is 0 Å². The van der Waals surface area contributed by atoms with Gasteiger partial charge in [0, 0.05) is 16.5 Å². The predicted octanol–water partition coefficient (Wildman–Crippen LogP) is 4.20. The van der Waals surface area contributed by atoms with Crippen molar-refractivity contribution in [2.75, 3.05) is 6.61 Å². The summed E-state index contributed by atoms with van der Waals surface area (Å²) in [5.74, 6) is -0.136. The normalized spacial score (nSPS) is 10.7. The van der Waals surface area contributed by atoms with Gasteiger partial charge in [-0.2, -0.15) is 0 Å². The van der Waals surface area contributed by atoms with Crippen molar-refractivity contribution in [2.45, 2.75) is 0 Å². The minimum absolute atomic E-state index is 0.113. The first-order valence-electron chi connectivity index (χ1n) is 8.85. The number of carbonyl (C=O) groups is 2. The smallest absolute Gasteiger partial charge is 0.248 e. The van der Waals surface area contributed by atoms with Crippen LogP contribution in [0, 0.1) is 0 Å². The van der Waals surface area contributed by atoms with Gasteiger partial charge in [0.15, 0.2) is 6.61 Å². The topological polar surface area (TPSA) is 85.2 Å². The quantitative estimate of drug-likeness (QED) is 0.499. The zero-order valence-electron chi connectivity index (χ0n) is 15.0. The molecule has 3 N–H and O–H groups in total. The minimum atomic E-state index is -0.506. The Kier molecular flexibility index (Phi) is 4.64. The van der Waals surface area contributed by atoms with E-state index in [2.05, 4.69) is 4.98 Å². The van der Waals surface area contributed by atoms with E-state index in [1.807, 2.05) is 54.6 Å². The van der Waals surface area contributed by atoms with Crippen molar-refractivity contribution in [1.29, 1.82) is 0 Å². The van der Waals surface area contributed by atoms with Crippen LogP contribution in [0.5, 0.6) is 5.75 Å². The number of ketones is 1. The molecule has 5 heteroatoms. The molecule has 4 rings (SSSR count). The summed E-state index contributed by atoms with van der Waals surface area (Å²) in [5.41, 5.74) is 8.85. The van der Waals surface area contributed by atoms with E-state index < -0.39 is 5.91 Å². The zero-order valence-corrected chi connectivity index (χ0v) is 15.0. The lowest BCUT2D eigenvalue weighted by Crippen LogP contribution is -2.13. The number of H-pyrrole nitrogens is 1. The van der Waals surface area contributed by atoms with Crippen molar-refractivity contribution in [3.8, 4) is 17.0 Å². The molecular formula is C23H18N2O3. The van der Waals surface area contributed by atoms with Gasteiger partial charge in [0.05, 0.1) is 11.3 Å². The third-order valence-corrected chi connectivity index (χ3v) is 4.56. The number of nitrogens with two attached hydrogens (primary N) is 1. The fourth-order valence-electron chi connectivity index (χ4n) is 3.19. The fraction of sp³-hybridized carbons (Fsp3) is 0.0435. The van der Waals surface area contributed by atoms with Crippen molar-refractivity contribution in [3.63, 3.8) is 0 Å². The van der Waals surface area contributed by atoms with E-state index in [9.17, 15) is 9.59 Å². The van der Waals surface area contributed by atoms with Crippen LogP contribution in [-0.2, 0) is 0 Å². The standard InChI is InChI=1S/C23H18N2O3/c24-23(27)16-10-12-17(13-11-16)28-14-20(26)21-18-8-4-5-9-19(18)25-22(21)15-6-2-1-3-7-15/h1-13,25H,14H2,(H2,24,27). The number of nitrogens with one attached hydrogen (secondary N) is 1. The molecule has 0 saturated carbocycles. The summed E-state index contributed by atoms with van der Waals surface area (Å²) >= 11 is 0. The molecule has 0 aliphatic rings. The summed E-state index contributed by atoms with van der Waals surface area (Å²) in [6.45, 7) is -0.113. The van der Waals surface area contributed by atoms with Gasteiger partial charge in [-0.05, 0) is 35.9 Å². The third-order valence-electron chi connectivity index (χ3n) is 4.56. The van der Waals surface area contributed by atoms with Crippen molar-refractivity contribution in [3.05, 3.63) is 90.0 Å². The van der Waals surface area contributed by atoms with E-state index in [1.54, 1.807) is 24.3 Å². The lowest BCUT2D eigenvalue weighted by molar-refractivity contribution is 0.0922. The lowest BCUT2D eigenvalue weighted by atomic mass is 10.0. The number of para-hydroxylation sites is 1. The summed E-state index contributed by atoms with van der Waals surface area (Å²) < 4.78 is 5.65. The van der Waals surface area contributed by atoms with Crippen LogP contribution in [0.25, 0.3) is 22.2 Å². The highest BCUT2D eigenvalue weighted by molar-refractivity contribution is 6.13. The summed E-state index contributed by atoms with van der Waals surface area (Å²) in [4.78, 5) is 27.5. The molecule has 0 unspecified atom stereocenters. The average molecular weight is 370 g/mol. The minimum Gasteiger partial charge on any atom is -0.485 e. The summed E-state index contributed by atoms with van der Waals surface area (Å²) in [7, 11) is 0. The van der Waals surface area contributed by atoms with Crippen LogP contribution < -0.4 is 10.5 Å². The Morgan fingerprint density at radius 3 is 2.25 bits per heavy atom. The van der Waals surface area contributed by atoms with Gasteiger partial charge in [0.2, 0.25) is 11.7 Å². The number of primary amides is 1. The molecule has 3 aromatic carbocycles. The van der Waals surface area contributed by atoms with Gasteiger partial charge in [-0.25, -0.2) is 0 Å². The number of aromatic nitrogens is 1. The number of carbonyl (C=O) groups excluding carboxylic acids is 2. The SMILES string of the molecule is NC(=O)c1ccc(OCC(=O)c2c(-c3ccccc3)[nH]c3ccccc23)cc1. The molecular weight excluding hydrogens is 352 g/mol. The first-order valence-corrected chi connectivity index (χ1v) is 8.85. The maximum Gasteiger partial charge on any atom is 0.248 e. The summed E-state index contributed by atoms with van der Waals surface area (Å²) in [5, 5.41) is 0.860. The number of ether oxygens (including phenoxy) is 1. The second-order valence-corrected chi connectivity index (χ2v) is 6.39. The van der Waals surface area contributed by atoms with Gasteiger partial charge in [0.25, 0.3) is 0 Å². The Hall–Kier alpha value is -3.86. The van der Waals surface area contributed by atoms with Gasteiger partial charge in [-0.1, -0.05) is 48.5 Å². The van der Waals surface area contributed by atoms with Crippen LogP contribution in [0.4, 0.5) is 0 Å². The van der Waals surface area contributed by atoms with Crippen LogP contribution in [0.2, 0.25) is 0 Å². The molecule has 0 aliphatic carbocycles. The Morgan fingerprint density at radius 2 is 1.54 bits per heavy atom. The van der Waals surface area contributed by atoms with Gasteiger partial charge < -0.3 is 15.5 Å². The molecule has 28 heavy (non-hydrogen) atoms. The number of benzene rings is 3. The molecule has 0 aliphatic heterocycles. The van der Waals surface area contributed by atoms with E-state index in [1.165, 1.54) is 0 Å². The first kappa shape index (κ1) is 17.5. The van der Waals surface area contributed by atoms with Crippen molar-refractivity contribution in [2.24, 2.45) is 5.73 Å².